The Morgan fingerprint density at radius 2 is 1.58 bits per heavy atom. The third-order valence-corrected chi connectivity index (χ3v) is 7.15. The van der Waals surface area contributed by atoms with Gasteiger partial charge in [-0.25, -0.2) is 45.6 Å². The normalized spacial score (nSPS) is 19.3. The van der Waals surface area contributed by atoms with E-state index in [9.17, 15) is 21.2 Å². The SMILES string of the molecule is CN(C)S(=O)(=O)CC1=CC(=Nc2nc(N=C3C=CCC(CS(N)(=O)=O)=C3)ncc2F)C=CC1. The quantitative estimate of drug-likeness (QED) is 0.610. The van der Waals surface area contributed by atoms with Crippen molar-refractivity contribution in [1.82, 2.24) is 14.3 Å². The van der Waals surface area contributed by atoms with Gasteiger partial charge in [0.05, 0.1) is 29.1 Å². The number of hydrogen-bond acceptors (Lipinski definition) is 8. The number of rotatable bonds is 7. The Bertz CT molecular complexity index is 1340. The van der Waals surface area contributed by atoms with Crippen molar-refractivity contribution in [2.75, 3.05) is 25.6 Å². The molecule has 0 unspecified atom stereocenters. The molecule has 1 aromatic heterocycles. The highest BCUT2D eigenvalue weighted by Crippen LogP contribution is 2.21. The van der Waals surface area contributed by atoms with Gasteiger partial charge in [0.2, 0.25) is 20.0 Å². The van der Waals surface area contributed by atoms with Crippen molar-refractivity contribution in [3.8, 4) is 0 Å². The molecule has 0 fully saturated rings. The molecule has 13 heteroatoms. The molecule has 1 aromatic rings. The molecule has 0 spiro atoms. The summed E-state index contributed by atoms with van der Waals surface area (Å²) in [5.74, 6) is -1.57. The standard InChI is InChI=1S/C20H23FN6O4S2/c1-27(2)33(30,31)13-15-6-4-7-16(10-15)24-19-18(21)11-23-20(26-19)25-17-8-3-5-14(9-17)12-32(22,28)29/h3-4,7-11H,5-6,12-13H2,1-2H3,(H2,22,28,29). The molecule has 33 heavy (non-hydrogen) atoms. The van der Waals surface area contributed by atoms with Gasteiger partial charge in [-0.3, -0.25) is 0 Å². The molecule has 2 aliphatic carbocycles. The van der Waals surface area contributed by atoms with Crippen molar-refractivity contribution in [1.29, 1.82) is 0 Å². The van der Waals surface area contributed by atoms with E-state index in [1.807, 2.05) is 0 Å². The number of aromatic nitrogens is 2. The summed E-state index contributed by atoms with van der Waals surface area (Å²) in [5.41, 5.74) is 1.90. The van der Waals surface area contributed by atoms with Crippen molar-refractivity contribution in [2.45, 2.75) is 12.8 Å². The summed E-state index contributed by atoms with van der Waals surface area (Å²) >= 11 is 0. The second-order valence-electron chi connectivity index (χ2n) is 7.58. The van der Waals surface area contributed by atoms with E-state index in [0.29, 0.717) is 35.4 Å². The first-order valence-electron chi connectivity index (χ1n) is 9.74. The molecule has 0 aromatic carbocycles. The Morgan fingerprint density at radius 3 is 2.15 bits per heavy atom. The fraction of sp³-hybridized carbons (Fsp3) is 0.300. The molecule has 10 nitrogen and oxygen atoms in total. The van der Waals surface area contributed by atoms with Crippen molar-refractivity contribution in [3.05, 3.63) is 59.6 Å². The molecule has 0 aliphatic heterocycles. The van der Waals surface area contributed by atoms with Crippen LogP contribution in [0.4, 0.5) is 16.2 Å². The molecule has 0 atom stereocenters. The zero-order chi connectivity index (χ0) is 24.2. The van der Waals surface area contributed by atoms with Gasteiger partial charge in [0.1, 0.15) is 0 Å². The van der Waals surface area contributed by atoms with Crippen molar-refractivity contribution in [2.24, 2.45) is 15.1 Å². The van der Waals surface area contributed by atoms with E-state index in [4.69, 9.17) is 5.14 Å². The third-order valence-electron chi connectivity index (χ3n) is 4.53. The Morgan fingerprint density at radius 1 is 1.00 bits per heavy atom. The maximum atomic E-state index is 14.3. The van der Waals surface area contributed by atoms with Gasteiger partial charge in [-0.05, 0) is 48.3 Å². The predicted octanol–water partition coefficient (Wildman–Crippen LogP) is 1.71. The second-order valence-corrected chi connectivity index (χ2v) is 11.4. The lowest BCUT2D eigenvalue weighted by Gasteiger charge is -2.14. The molecule has 176 valence electrons. The molecule has 0 saturated carbocycles. The summed E-state index contributed by atoms with van der Waals surface area (Å²) in [6.07, 6.45) is 11.7. The van der Waals surface area contributed by atoms with Crippen LogP contribution in [-0.2, 0) is 20.0 Å². The second kappa shape index (κ2) is 9.95. The van der Waals surface area contributed by atoms with Crippen LogP contribution in [0.1, 0.15) is 12.8 Å². The van der Waals surface area contributed by atoms with Gasteiger partial charge in [-0.2, -0.15) is 4.98 Å². The zero-order valence-corrected chi connectivity index (χ0v) is 19.6. The van der Waals surface area contributed by atoms with Crippen LogP contribution >= 0.6 is 0 Å². The minimum absolute atomic E-state index is 0.0670. The van der Waals surface area contributed by atoms with Crippen LogP contribution in [0.25, 0.3) is 0 Å². The summed E-state index contributed by atoms with van der Waals surface area (Å²) in [6.45, 7) is 0. The first-order valence-corrected chi connectivity index (χ1v) is 13.1. The fourth-order valence-corrected chi connectivity index (χ4v) is 4.62. The topological polar surface area (TPSA) is 148 Å². The summed E-state index contributed by atoms with van der Waals surface area (Å²) in [5, 5.41) is 5.09. The van der Waals surface area contributed by atoms with Crippen LogP contribution < -0.4 is 5.14 Å². The summed E-state index contributed by atoms with van der Waals surface area (Å²) in [6, 6.07) is 0. The lowest BCUT2D eigenvalue weighted by Crippen LogP contribution is -2.26. The van der Waals surface area contributed by atoms with Gasteiger partial charge in [0.25, 0.3) is 5.95 Å². The maximum Gasteiger partial charge on any atom is 0.252 e. The Labute approximate surface area is 192 Å². The van der Waals surface area contributed by atoms with E-state index in [0.717, 1.165) is 10.5 Å². The van der Waals surface area contributed by atoms with Gasteiger partial charge in [-0.1, -0.05) is 12.2 Å². The maximum absolute atomic E-state index is 14.3. The number of aliphatic imine (C=N–C) groups is 2. The molecule has 2 aliphatic rings. The molecule has 2 N–H and O–H groups in total. The predicted molar refractivity (Wildman–Crippen MR) is 125 cm³/mol. The first kappa shape index (κ1) is 24.8. The van der Waals surface area contributed by atoms with Crippen LogP contribution in [0.2, 0.25) is 0 Å². The molecule has 0 saturated heterocycles. The van der Waals surface area contributed by atoms with Crippen LogP contribution in [-0.4, -0.2) is 68.1 Å². The third kappa shape index (κ3) is 7.32. The summed E-state index contributed by atoms with van der Waals surface area (Å²) in [7, 11) is -4.21. The Hall–Kier alpha value is -2.87. The lowest BCUT2D eigenvalue weighted by molar-refractivity contribution is 0.523. The van der Waals surface area contributed by atoms with E-state index in [2.05, 4.69) is 20.0 Å². The fourth-order valence-electron chi connectivity index (χ4n) is 2.98. The van der Waals surface area contributed by atoms with E-state index in [-0.39, 0.29) is 23.3 Å². The number of hydrogen-bond donors (Lipinski definition) is 1. The highest BCUT2D eigenvalue weighted by Gasteiger charge is 2.18. The van der Waals surface area contributed by atoms with E-state index in [1.54, 1.807) is 36.5 Å². The number of nitrogens with two attached hydrogens (primary N) is 1. The van der Waals surface area contributed by atoms with E-state index in [1.165, 1.54) is 14.1 Å². The summed E-state index contributed by atoms with van der Waals surface area (Å²) in [4.78, 5) is 16.3. The molecule has 3 rings (SSSR count). The summed E-state index contributed by atoms with van der Waals surface area (Å²) < 4.78 is 62.3. The lowest BCUT2D eigenvalue weighted by atomic mass is 10.1. The van der Waals surface area contributed by atoms with Crippen molar-refractivity contribution < 1.29 is 21.2 Å². The number of halogens is 1. The van der Waals surface area contributed by atoms with Crippen LogP contribution in [0.5, 0.6) is 0 Å². The van der Waals surface area contributed by atoms with Gasteiger partial charge in [0, 0.05) is 14.1 Å². The molecule has 0 bridgehead atoms. The zero-order valence-electron chi connectivity index (χ0n) is 18.0. The van der Waals surface area contributed by atoms with Gasteiger partial charge < -0.3 is 0 Å². The van der Waals surface area contributed by atoms with E-state index < -0.39 is 25.9 Å². The minimum atomic E-state index is -3.68. The number of nitrogens with zero attached hydrogens (tertiary/aromatic N) is 5. The smallest absolute Gasteiger partial charge is 0.228 e. The highest BCUT2D eigenvalue weighted by atomic mass is 32.2. The highest BCUT2D eigenvalue weighted by molar-refractivity contribution is 7.89. The molecule has 0 amide bonds. The van der Waals surface area contributed by atoms with Gasteiger partial charge in [0.15, 0.2) is 11.6 Å². The minimum Gasteiger partial charge on any atom is -0.228 e. The van der Waals surface area contributed by atoms with E-state index >= 15 is 0 Å². The molecular weight excluding hydrogens is 471 g/mol. The molecule has 1 heterocycles. The first-order chi connectivity index (χ1) is 15.4. The van der Waals surface area contributed by atoms with Crippen LogP contribution in [0.15, 0.2) is 63.8 Å². The molecule has 0 radical (unpaired) electrons. The number of sulfonamides is 2. The Kier molecular flexibility index (Phi) is 7.47. The largest absolute Gasteiger partial charge is 0.252 e. The molecular formula is C20H23FN6O4S2. The average molecular weight is 495 g/mol. The van der Waals surface area contributed by atoms with Crippen LogP contribution in [0, 0.1) is 5.82 Å². The number of primary sulfonamides is 1. The van der Waals surface area contributed by atoms with Gasteiger partial charge >= 0.3 is 0 Å². The monoisotopic (exact) mass is 494 g/mol. The van der Waals surface area contributed by atoms with Crippen LogP contribution in [0.3, 0.4) is 0 Å². The van der Waals surface area contributed by atoms with Gasteiger partial charge in [-0.15, -0.1) is 0 Å². The average Bonchev–Trinajstić information content (AvgIpc) is 2.69. The van der Waals surface area contributed by atoms with Crippen molar-refractivity contribution in [3.63, 3.8) is 0 Å². The number of allylic oxidation sites excluding steroid dienone is 6. The van der Waals surface area contributed by atoms with Crippen molar-refractivity contribution >= 4 is 43.2 Å². The Balaban J connectivity index is 1.87.